The van der Waals surface area contributed by atoms with E-state index < -0.39 is 0 Å². The average molecular weight is 433 g/mol. The molecule has 3 rings (SSSR count). The second kappa shape index (κ2) is 11.5. The fourth-order valence-electron chi connectivity index (χ4n) is 4.33. The number of halogens is 1. The number of aryl methyl sites for hydroxylation is 2. The third kappa shape index (κ3) is 6.32. The molecule has 0 radical (unpaired) electrons. The summed E-state index contributed by atoms with van der Waals surface area (Å²) in [6, 6.07) is 8.61. The zero-order chi connectivity index (χ0) is 20.8. The number of piperidine rings is 1. The van der Waals surface area contributed by atoms with Gasteiger partial charge in [-0.3, -0.25) is 9.48 Å². The number of aromatic nitrogens is 2. The van der Waals surface area contributed by atoms with Crippen LogP contribution in [-0.4, -0.2) is 47.3 Å². The van der Waals surface area contributed by atoms with E-state index in [2.05, 4.69) is 59.9 Å². The number of carbonyl (C=O) groups is 1. The van der Waals surface area contributed by atoms with Gasteiger partial charge in [-0.1, -0.05) is 29.8 Å². The van der Waals surface area contributed by atoms with Gasteiger partial charge in [-0.25, -0.2) is 0 Å². The third-order valence-electron chi connectivity index (χ3n) is 6.34. The first-order chi connectivity index (χ1) is 14.0. The Morgan fingerprint density at radius 2 is 1.80 bits per heavy atom. The maximum Gasteiger partial charge on any atom is 0.222 e. The van der Waals surface area contributed by atoms with E-state index in [4.69, 9.17) is 5.10 Å². The number of benzene rings is 1. The van der Waals surface area contributed by atoms with Gasteiger partial charge in [-0.2, -0.15) is 5.10 Å². The van der Waals surface area contributed by atoms with Crippen LogP contribution in [0.2, 0.25) is 0 Å². The van der Waals surface area contributed by atoms with Crippen LogP contribution in [0.1, 0.15) is 53.8 Å². The first kappa shape index (κ1) is 24.4. The number of likely N-dealkylation sites (tertiary alicyclic amines) is 1. The molecule has 5 nitrogen and oxygen atoms in total. The maximum absolute atomic E-state index is 12.7. The minimum Gasteiger partial charge on any atom is -0.343 e. The Labute approximate surface area is 187 Å². The first-order valence-electron chi connectivity index (χ1n) is 11.0. The Bertz CT molecular complexity index is 807. The number of hydrogen-bond acceptors (Lipinski definition) is 3. The van der Waals surface area contributed by atoms with Crippen molar-refractivity contribution in [3.05, 3.63) is 52.3 Å². The Kier molecular flexibility index (Phi) is 9.37. The monoisotopic (exact) mass is 432 g/mol. The fourth-order valence-corrected chi connectivity index (χ4v) is 4.33. The lowest BCUT2D eigenvalue weighted by Crippen LogP contribution is -2.39. The summed E-state index contributed by atoms with van der Waals surface area (Å²) >= 11 is 0. The molecule has 0 saturated carbocycles. The lowest BCUT2D eigenvalue weighted by molar-refractivity contribution is -0.132. The van der Waals surface area contributed by atoms with Crippen LogP contribution in [-0.2, 0) is 17.8 Å². The van der Waals surface area contributed by atoms with Crippen molar-refractivity contribution < 1.29 is 4.79 Å². The molecule has 1 aliphatic heterocycles. The summed E-state index contributed by atoms with van der Waals surface area (Å²) in [6.07, 6.45) is 4.86. The molecule has 1 N–H and O–H groups in total. The summed E-state index contributed by atoms with van der Waals surface area (Å²) in [5.74, 6) is 1.05. The van der Waals surface area contributed by atoms with E-state index >= 15 is 0 Å². The lowest BCUT2D eigenvalue weighted by Gasteiger charge is -2.32. The SMILES string of the molecule is CNCCC1CCN(C(=O)CCc2c(C)nn(Cc3ccc(C)cc3)c2C)CC1.Cl. The zero-order valence-corrected chi connectivity index (χ0v) is 19.7. The number of rotatable bonds is 8. The summed E-state index contributed by atoms with van der Waals surface area (Å²) in [5.41, 5.74) is 5.99. The number of amides is 1. The van der Waals surface area contributed by atoms with Gasteiger partial charge in [0.25, 0.3) is 0 Å². The second-order valence-corrected chi connectivity index (χ2v) is 8.51. The highest BCUT2D eigenvalue weighted by Gasteiger charge is 2.23. The summed E-state index contributed by atoms with van der Waals surface area (Å²) in [5, 5.41) is 7.97. The predicted octanol–water partition coefficient (Wildman–Crippen LogP) is 4.06. The predicted molar refractivity (Wildman–Crippen MR) is 125 cm³/mol. The van der Waals surface area contributed by atoms with Crippen molar-refractivity contribution >= 4 is 18.3 Å². The van der Waals surface area contributed by atoms with Crippen LogP contribution in [0.4, 0.5) is 0 Å². The Morgan fingerprint density at radius 1 is 1.13 bits per heavy atom. The van der Waals surface area contributed by atoms with Gasteiger partial charge in [0.1, 0.15) is 0 Å². The number of carbonyl (C=O) groups excluding carboxylic acids is 1. The minimum absolute atomic E-state index is 0. The molecular formula is C24H37ClN4O. The highest BCUT2D eigenvalue weighted by Crippen LogP contribution is 2.22. The van der Waals surface area contributed by atoms with Crippen molar-refractivity contribution in [3.63, 3.8) is 0 Å². The molecular weight excluding hydrogens is 396 g/mol. The largest absolute Gasteiger partial charge is 0.343 e. The normalized spacial score (nSPS) is 14.6. The van der Waals surface area contributed by atoms with Crippen LogP contribution in [0, 0.1) is 26.7 Å². The molecule has 0 bridgehead atoms. The molecule has 6 heteroatoms. The molecule has 2 aromatic rings. The molecule has 1 fully saturated rings. The van der Waals surface area contributed by atoms with Gasteiger partial charge in [0.2, 0.25) is 5.91 Å². The molecule has 0 aliphatic carbocycles. The van der Waals surface area contributed by atoms with Gasteiger partial charge < -0.3 is 10.2 Å². The Morgan fingerprint density at radius 3 is 2.43 bits per heavy atom. The van der Waals surface area contributed by atoms with Crippen molar-refractivity contribution in [3.8, 4) is 0 Å². The summed E-state index contributed by atoms with van der Waals surface area (Å²) in [4.78, 5) is 14.8. The van der Waals surface area contributed by atoms with E-state index in [1.165, 1.54) is 28.8 Å². The second-order valence-electron chi connectivity index (χ2n) is 8.51. The van der Waals surface area contributed by atoms with Crippen molar-refractivity contribution in [1.82, 2.24) is 20.0 Å². The topological polar surface area (TPSA) is 50.2 Å². The molecule has 1 aromatic heterocycles. The summed E-state index contributed by atoms with van der Waals surface area (Å²) < 4.78 is 2.08. The number of hydrogen-bond donors (Lipinski definition) is 1. The highest BCUT2D eigenvalue weighted by molar-refractivity contribution is 5.85. The van der Waals surface area contributed by atoms with Crippen LogP contribution >= 0.6 is 12.4 Å². The fraction of sp³-hybridized carbons (Fsp3) is 0.583. The molecule has 0 atom stereocenters. The van der Waals surface area contributed by atoms with Crippen LogP contribution < -0.4 is 5.32 Å². The smallest absolute Gasteiger partial charge is 0.222 e. The Hall–Kier alpha value is -1.85. The average Bonchev–Trinajstić information content (AvgIpc) is 2.99. The van der Waals surface area contributed by atoms with Crippen molar-refractivity contribution in [1.29, 1.82) is 0 Å². The molecule has 1 amide bonds. The molecule has 166 valence electrons. The molecule has 1 aromatic carbocycles. The van der Waals surface area contributed by atoms with Crippen LogP contribution in [0.15, 0.2) is 24.3 Å². The van der Waals surface area contributed by atoms with E-state index in [9.17, 15) is 4.79 Å². The molecule has 30 heavy (non-hydrogen) atoms. The molecule has 0 spiro atoms. The summed E-state index contributed by atoms with van der Waals surface area (Å²) in [7, 11) is 2.01. The first-order valence-corrected chi connectivity index (χ1v) is 11.0. The molecule has 1 aliphatic rings. The van der Waals surface area contributed by atoms with Crippen molar-refractivity contribution in [2.45, 2.75) is 59.4 Å². The van der Waals surface area contributed by atoms with E-state index in [0.29, 0.717) is 12.3 Å². The Balaban J connectivity index is 0.00000320. The van der Waals surface area contributed by atoms with Gasteiger partial charge >= 0.3 is 0 Å². The number of nitrogens with one attached hydrogen (secondary N) is 1. The van der Waals surface area contributed by atoms with Crippen molar-refractivity contribution in [2.24, 2.45) is 5.92 Å². The zero-order valence-electron chi connectivity index (χ0n) is 18.9. The minimum atomic E-state index is 0. The maximum atomic E-state index is 12.7. The molecule has 2 heterocycles. The van der Waals surface area contributed by atoms with E-state index in [0.717, 1.165) is 57.1 Å². The van der Waals surface area contributed by atoms with Gasteiger partial charge in [-0.05, 0) is 77.1 Å². The van der Waals surface area contributed by atoms with Gasteiger partial charge in [0, 0.05) is 25.2 Å². The van der Waals surface area contributed by atoms with Crippen LogP contribution in [0.5, 0.6) is 0 Å². The van der Waals surface area contributed by atoms with Crippen molar-refractivity contribution in [2.75, 3.05) is 26.7 Å². The van der Waals surface area contributed by atoms with E-state index in [1.807, 2.05) is 7.05 Å². The van der Waals surface area contributed by atoms with Gasteiger partial charge in [0.05, 0.1) is 12.2 Å². The number of nitrogens with zero attached hydrogens (tertiary/aromatic N) is 3. The van der Waals surface area contributed by atoms with E-state index in [1.54, 1.807) is 0 Å². The standard InChI is InChI=1S/C24H36N4O.ClH/c1-18-5-7-22(8-6-18)17-28-20(3)23(19(2)26-28)9-10-24(29)27-15-12-21(13-16-27)11-14-25-4;/h5-8,21,25H,9-17H2,1-4H3;1H. The lowest BCUT2D eigenvalue weighted by atomic mass is 9.93. The van der Waals surface area contributed by atoms with E-state index in [-0.39, 0.29) is 12.4 Å². The van der Waals surface area contributed by atoms with Gasteiger partial charge in [0.15, 0.2) is 0 Å². The van der Waals surface area contributed by atoms with Crippen LogP contribution in [0.25, 0.3) is 0 Å². The third-order valence-corrected chi connectivity index (χ3v) is 6.34. The quantitative estimate of drug-likeness (QED) is 0.684. The van der Waals surface area contributed by atoms with Crippen LogP contribution in [0.3, 0.4) is 0 Å². The molecule has 1 saturated heterocycles. The van der Waals surface area contributed by atoms with Gasteiger partial charge in [-0.15, -0.1) is 12.4 Å². The summed E-state index contributed by atoms with van der Waals surface area (Å²) in [6.45, 7) is 9.97. The highest BCUT2D eigenvalue weighted by atomic mass is 35.5. The molecule has 0 unspecified atom stereocenters.